The van der Waals surface area contributed by atoms with Crippen LogP contribution in [0.2, 0.25) is 0 Å². The molecule has 0 fully saturated rings. The predicted octanol–water partition coefficient (Wildman–Crippen LogP) is 4.38. The zero-order chi connectivity index (χ0) is 22.8. The van der Waals surface area contributed by atoms with E-state index in [1.54, 1.807) is 36.0 Å². The largest absolute Gasteiger partial charge is 0.345 e. The predicted molar refractivity (Wildman–Crippen MR) is 116 cm³/mol. The summed E-state index contributed by atoms with van der Waals surface area (Å²) in [6.07, 6.45) is 3.13. The van der Waals surface area contributed by atoms with Crippen LogP contribution in [0.3, 0.4) is 0 Å². The van der Waals surface area contributed by atoms with Crippen molar-refractivity contribution >= 4 is 5.91 Å². The second-order valence-corrected chi connectivity index (χ2v) is 7.82. The standard InChI is InChI=1S/C23H23FN6O2/c1-13(2)21-28-23(32-29-21)17-7-10-20(25-11-17)30-15(4)19(12-26-30)22(31)27-14(3)16-5-8-18(24)9-6-16/h5-14H,1-4H3,(H,27,31). The van der Waals surface area contributed by atoms with E-state index in [1.165, 1.54) is 18.3 Å². The third-order valence-corrected chi connectivity index (χ3v) is 5.14. The highest BCUT2D eigenvalue weighted by molar-refractivity contribution is 5.95. The molecule has 0 radical (unpaired) electrons. The molecule has 32 heavy (non-hydrogen) atoms. The summed E-state index contributed by atoms with van der Waals surface area (Å²) in [6, 6.07) is 9.34. The lowest BCUT2D eigenvalue weighted by Crippen LogP contribution is -2.27. The molecular formula is C23H23FN6O2. The van der Waals surface area contributed by atoms with Gasteiger partial charge in [0.2, 0.25) is 0 Å². The maximum atomic E-state index is 13.1. The summed E-state index contributed by atoms with van der Waals surface area (Å²) >= 11 is 0. The second kappa shape index (κ2) is 8.70. The molecule has 9 heteroatoms. The number of carbonyl (C=O) groups excluding carboxylic acids is 1. The molecule has 0 spiro atoms. The molecule has 1 atom stereocenters. The number of pyridine rings is 1. The lowest BCUT2D eigenvalue weighted by Gasteiger charge is -2.14. The normalized spacial score (nSPS) is 12.2. The van der Waals surface area contributed by atoms with Crippen LogP contribution in [0.15, 0.2) is 53.3 Å². The Labute approximate surface area is 184 Å². The van der Waals surface area contributed by atoms with Gasteiger partial charge in [-0.25, -0.2) is 14.1 Å². The van der Waals surface area contributed by atoms with Crippen molar-refractivity contribution in [3.8, 4) is 17.3 Å². The molecule has 1 N–H and O–H groups in total. The highest BCUT2D eigenvalue weighted by atomic mass is 19.1. The average molecular weight is 434 g/mol. The van der Waals surface area contributed by atoms with Gasteiger partial charge in [-0.3, -0.25) is 4.79 Å². The van der Waals surface area contributed by atoms with E-state index in [4.69, 9.17) is 4.52 Å². The zero-order valence-corrected chi connectivity index (χ0v) is 18.2. The summed E-state index contributed by atoms with van der Waals surface area (Å²) in [6.45, 7) is 7.62. The average Bonchev–Trinajstić information content (AvgIpc) is 3.42. The Morgan fingerprint density at radius 2 is 1.84 bits per heavy atom. The number of benzene rings is 1. The van der Waals surface area contributed by atoms with Gasteiger partial charge in [0, 0.05) is 12.1 Å². The van der Waals surface area contributed by atoms with Gasteiger partial charge in [0.05, 0.1) is 29.1 Å². The molecule has 0 aliphatic carbocycles. The molecule has 1 unspecified atom stereocenters. The fraction of sp³-hybridized carbons (Fsp3) is 0.261. The number of amides is 1. The Kier molecular flexibility index (Phi) is 5.81. The number of hydrogen-bond acceptors (Lipinski definition) is 6. The second-order valence-electron chi connectivity index (χ2n) is 7.82. The molecule has 4 rings (SSSR count). The van der Waals surface area contributed by atoms with Crippen molar-refractivity contribution in [3.63, 3.8) is 0 Å². The van der Waals surface area contributed by atoms with Crippen LogP contribution in [0.5, 0.6) is 0 Å². The highest BCUT2D eigenvalue weighted by Crippen LogP contribution is 2.21. The maximum Gasteiger partial charge on any atom is 0.259 e. The van der Waals surface area contributed by atoms with E-state index in [-0.39, 0.29) is 23.7 Å². The molecule has 0 bridgehead atoms. The van der Waals surface area contributed by atoms with Crippen LogP contribution in [0, 0.1) is 12.7 Å². The number of carbonyl (C=O) groups is 1. The number of hydrogen-bond donors (Lipinski definition) is 1. The molecule has 1 aromatic carbocycles. The van der Waals surface area contributed by atoms with Crippen LogP contribution in [0.25, 0.3) is 17.3 Å². The van der Waals surface area contributed by atoms with Crippen molar-refractivity contribution in [2.24, 2.45) is 0 Å². The topological polar surface area (TPSA) is 98.7 Å². The van der Waals surface area contributed by atoms with Crippen molar-refractivity contribution < 1.29 is 13.7 Å². The van der Waals surface area contributed by atoms with Gasteiger partial charge in [-0.05, 0) is 43.7 Å². The van der Waals surface area contributed by atoms with E-state index in [0.717, 1.165) is 5.56 Å². The number of rotatable bonds is 6. The number of nitrogens with zero attached hydrogens (tertiary/aromatic N) is 5. The monoisotopic (exact) mass is 434 g/mol. The number of nitrogens with one attached hydrogen (secondary N) is 1. The van der Waals surface area contributed by atoms with Crippen molar-refractivity contribution in [1.29, 1.82) is 0 Å². The van der Waals surface area contributed by atoms with Crippen LogP contribution in [0.1, 0.15) is 60.2 Å². The molecular weight excluding hydrogens is 411 g/mol. The highest BCUT2D eigenvalue weighted by Gasteiger charge is 2.19. The van der Waals surface area contributed by atoms with Crippen molar-refractivity contribution in [2.75, 3.05) is 0 Å². The lowest BCUT2D eigenvalue weighted by molar-refractivity contribution is 0.0939. The summed E-state index contributed by atoms with van der Waals surface area (Å²) < 4.78 is 20.0. The van der Waals surface area contributed by atoms with Crippen LogP contribution < -0.4 is 5.32 Å². The fourth-order valence-electron chi connectivity index (χ4n) is 3.20. The molecule has 0 aliphatic heterocycles. The Morgan fingerprint density at radius 1 is 1.09 bits per heavy atom. The Morgan fingerprint density at radius 3 is 2.47 bits per heavy atom. The van der Waals surface area contributed by atoms with Crippen molar-refractivity contribution in [2.45, 2.75) is 39.7 Å². The smallest absolute Gasteiger partial charge is 0.259 e. The fourth-order valence-corrected chi connectivity index (χ4v) is 3.20. The third-order valence-electron chi connectivity index (χ3n) is 5.14. The van der Waals surface area contributed by atoms with Gasteiger partial charge < -0.3 is 9.84 Å². The van der Waals surface area contributed by atoms with E-state index in [0.29, 0.717) is 34.4 Å². The summed E-state index contributed by atoms with van der Waals surface area (Å²) in [7, 11) is 0. The van der Waals surface area contributed by atoms with Gasteiger partial charge in [0.1, 0.15) is 5.82 Å². The zero-order valence-electron chi connectivity index (χ0n) is 18.2. The molecule has 4 aromatic rings. The number of aromatic nitrogens is 5. The van der Waals surface area contributed by atoms with Crippen molar-refractivity contribution in [3.05, 3.63) is 77.3 Å². The van der Waals surface area contributed by atoms with E-state index >= 15 is 0 Å². The first-order chi connectivity index (χ1) is 15.3. The molecule has 0 aliphatic rings. The summed E-state index contributed by atoms with van der Waals surface area (Å²) in [5.74, 6) is 1.18. The Bertz CT molecular complexity index is 1230. The summed E-state index contributed by atoms with van der Waals surface area (Å²) in [5, 5.41) is 11.2. The van der Waals surface area contributed by atoms with Crippen LogP contribution in [0.4, 0.5) is 4.39 Å². The van der Waals surface area contributed by atoms with Crippen molar-refractivity contribution in [1.82, 2.24) is 30.2 Å². The number of halogens is 1. The van der Waals surface area contributed by atoms with Gasteiger partial charge >= 0.3 is 0 Å². The quantitative estimate of drug-likeness (QED) is 0.484. The maximum absolute atomic E-state index is 13.1. The van der Waals surface area contributed by atoms with Gasteiger partial charge in [-0.15, -0.1) is 0 Å². The van der Waals surface area contributed by atoms with Crippen LogP contribution >= 0.6 is 0 Å². The molecule has 0 saturated carbocycles. The Balaban J connectivity index is 1.50. The molecule has 0 saturated heterocycles. The molecule has 8 nitrogen and oxygen atoms in total. The lowest BCUT2D eigenvalue weighted by atomic mass is 10.1. The van der Waals surface area contributed by atoms with Crippen LogP contribution in [-0.2, 0) is 0 Å². The SMILES string of the molecule is Cc1c(C(=O)NC(C)c2ccc(F)cc2)cnn1-c1ccc(-c2nc(C(C)C)no2)cn1. The molecule has 3 aromatic heterocycles. The summed E-state index contributed by atoms with van der Waals surface area (Å²) in [5.41, 5.74) is 2.59. The first-order valence-electron chi connectivity index (χ1n) is 10.2. The van der Waals surface area contributed by atoms with Gasteiger partial charge in [0.15, 0.2) is 11.6 Å². The Hall–Kier alpha value is -3.88. The molecule has 164 valence electrons. The van der Waals surface area contributed by atoms with Gasteiger partial charge in [-0.2, -0.15) is 10.1 Å². The summed E-state index contributed by atoms with van der Waals surface area (Å²) in [4.78, 5) is 21.6. The van der Waals surface area contributed by atoms with E-state index in [9.17, 15) is 9.18 Å². The van der Waals surface area contributed by atoms with Gasteiger partial charge in [-0.1, -0.05) is 31.1 Å². The first kappa shape index (κ1) is 21.4. The molecule has 3 heterocycles. The van der Waals surface area contributed by atoms with E-state index in [2.05, 4.69) is 25.5 Å². The van der Waals surface area contributed by atoms with Crippen LogP contribution in [-0.4, -0.2) is 30.8 Å². The van der Waals surface area contributed by atoms with Gasteiger partial charge in [0.25, 0.3) is 11.8 Å². The van der Waals surface area contributed by atoms with E-state index < -0.39 is 0 Å². The van der Waals surface area contributed by atoms with E-state index in [1.807, 2.05) is 26.8 Å². The molecule has 1 amide bonds. The first-order valence-corrected chi connectivity index (χ1v) is 10.2. The third kappa shape index (κ3) is 4.27. The minimum absolute atomic E-state index is 0.168. The minimum atomic E-state index is -0.317. The minimum Gasteiger partial charge on any atom is -0.345 e.